The number of fused-ring (bicyclic) bond motifs is 1. The molecule has 4 aromatic rings. The largest absolute Gasteiger partial charge is 0.493 e. The first kappa shape index (κ1) is 26.3. The van der Waals surface area contributed by atoms with Gasteiger partial charge >= 0.3 is 0 Å². The van der Waals surface area contributed by atoms with Crippen molar-refractivity contribution in [3.05, 3.63) is 89.7 Å². The third-order valence-corrected chi connectivity index (χ3v) is 7.42. The van der Waals surface area contributed by atoms with Crippen LogP contribution in [0.15, 0.2) is 78.0 Å². The molecular weight excluding hydrogens is 514 g/mol. The maximum atomic E-state index is 13.2. The van der Waals surface area contributed by atoms with Crippen molar-refractivity contribution >= 4 is 29.3 Å². The highest BCUT2D eigenvalue weighted by molar-refractivity contribution is 7.99. The number of ether oxygens (including phenoxy) is 2. The van der Waals surface area contributed by atoms with Crippen LogP contribution in [-0.2, 0) is 17.8 Å². The summed E-state index contributed by atoms with van der Waals surface area (Å²) in [5.74, 6) is 1.52. The topological polar surface area (TPSA) is 98.6 Å². The zero-order valence-corrected chi connectivity index (χ0v) is 22.6. The maximum absolute atomic E-state index is 13.2. The number of para-hydroxylation sites is 2. The molecule has 0 unspecified atom stereocenters. The minimum atomic E-state index is -0.285. The molecule has 5 rings (SSSR count). The summed E-state index contributed by atoms with van der Waals surface area (Å²) in [7, 11) is 3.07. The zero-order valence-electron chi connectivity index (χ0n) is 21.8. The molecule has 0 radical (unpaired) electrons. The normalized spacial score (nSPS) is 12.5. The third kappa shape index (κ3) is 5.75. The lowest BCUT2D eigenvalue weighted by molar-refractivity contribution is -0.116. The smallest absolute Gasteiger partial charge is 0.251 e. The summed E-state index contributed by atoms with van der Waals surface area (Å²) in [6.45, 7) is 0.846. The molecule has 0 saturated heterocycles. The number of thioether (sulfide) groups is 1. The van der Waals surface area contributed by atoms with Gasteiger partial charge in [0.2, 0.25) is 5.91 Å². The predicted molar refractivity (Wildman–Crippen MR) is 150 cm³/mol. The number of nitrogens with zero attached hydrogens (tertiary/aromatic N) is 4. The van der Waals surface area contributed by atoms with Crippen molar-refractivity contribution in [3.8, 4) is 17.2 Å². The molecule has 0 spiro atoms. The predicted octanol–water partition coefficient (Wildman–Crippen LogP) is 4.29. The van der Waals surface area contributed by atoms with E-state index in [9.17, 15) is 9.59 Å². The molecule has 2 amide bonds. The van der Waals surface area contributed by atoms with Gasteiger partial charge in [-0.15, -0.1) is 10.2 Å². The van der Waals surface area contributed by atoms with Gasteiger partial charge < -0.3 is 19.7 Å². The number of anilines is 1. The number of amides is 2. The molecule has 39 heavy (non-hydrogen) atoms. The fourth-order valence-corrected chi connectivity index (χ4v) is 5.43. The quantitative estimate of drug-likeness (QED) is 0.315. The van der Waals surface area contributed by atoms with Gasteiger partial charge in [-0.1, -0.05) is 48.2 Å². The lowest BCUT2D eigenvalue weighted by Gasteiger charge is -2.29. The first-order valence-electron chi connectivity index (χ1n) is 12.6. The number of aromatic nitrogens is 3. The average Bonchev–Trinajstić information content (AvgIpc) is 3.41. The van der Waals surface area contributed by atoms with Gasteiger partial charge in [0, 0.05) is 23.5 Å². The second kappa shape index (κ2) is 12.0. The number of nitrogens with one attached hydrogen (secondary N) is 1. The lowest BCUT2D eigenvalue weighted by Crippen LogP contribution is -2.36. The molecule has 1 N–H and O–H groups in total. The number of carbonyl (C=O) groups excluding carboxylic acids is 2. The first-order chi connectivity index (χ1) is 19.1. The molecule has 1 aliphatic rings. The fourth-order valence-electron chi connectivity index (χ4n) is 4.58. The van der Waals surface area contributed by atoms with Gasteiger partial charge in [-0.3, -0.25) is 14.2 Å². The summed E-state index contributed by atoms with van der Waals surface area (Å²) in [5, 5.41) is 12.2. The molecule has 10 heteroatoms. The van der Waals surface area contributed by atoms with Crippen LogP contribution in [0.5, 0.6) is 11.5 Å². The zero-order chi connectivity index (χ0) is 27.2. The lowest BCUT2D eigenvalue weighted by atomic mass is 10.0. The Morgan fingerprint density at radius 2 is 1.72 bits per heavy atom. The average molecular weight is 544 g/mol. The van der Waals surface area contributed by atoms with Crippen LogP contribution in [0.3, 0.4) is 0 Å². The minimum absolute atomic E-state index is 0.0260. The van der Waals surface area contributed by atoms with Crippen LogP contribution in [-0.4, -0.2) is 53.1 Å². The van der Waals surface area contributed by atoms with Crippen molar-refractivity contribution in [1.82, 2.24) is 20.1 Å². The molecule has 0 atom stereocenters. The summed E-state index contributed by atoms with van der Waals surface area (Å²) in [6.07, 6.45) is 1.92. The SMILES string of the molecule is COc1ccc(C(=O)NCc2nnc(SCC(=O)N3CCCc4ccccc43)n2-c2ccccc2)cc1OC. The van der Waals surface area contributed by atoms with Gasteiger partial charge in [0.1, 0.15) is 0 Å². The number of hydrogen-bond acceptors (Lipinski definition) is 7. The van der Waals surface area contributed by atoms with E-state index in [2.05, 4.69) is 21.6 Å². The summed E-state index contributed by atoms with van der Waals surface area (Å²) in [5.41, 5.74) is 3.45. The highest BCUT2D eigenvalue weighted by Crippen LogP contribution is 2.29. The molecule has 9 nitrogen and oxygen atoms in total. The van der Waals surface area contributed by atoms with E-state index in [0.29, 0.717) is 34.6 Å². The molecule has 0 aliphatic carbocycles. The molecule has 200 valence electrons. The van der Waals surface area contributed by atoms with E-state index in [1.807, 2.05) is 58.0 Å². The van der Waals surface area contributed by atoms with E-state index in [1.54, 1.807) is 25.3 Å². The Morgan fingerprint density at radius 3 is 2.51 bits per heavy atom. The molecule has 0 fully saturated rings. The minimum Gasteiger partial charge on any atom is -0.493 e. The Kier molecular flexibility index (Phi) is 8.12. The third-order valence-electron chi connectivity index (χ3n) is 6.50. The molecule has 0 bridgehead atoms. The highest BCUT2D eigenvalue weighted by atomic mass is 32.2. The van der Waals surface area contributed by atoms with Crippen molar-refractivity contribution in [2.24, 2.45) is 0 Å². The molecule has 0 saturated carbocycles. The maximum Gasteiger partial charge on any atom is 0.251 e. The Morgan fingerprint density at radius 1 is 0.949 bits per heavy atom. The van der Waals surface area contributed by atoms with E-state index < -0.39 is 0 Å². The number of methoxy groups -OCH3 is 2. The monoisotopic (exact) mass is 543 g/mol. The van der Waals surface area contributed by atoms with Crippen LogP contribution in [0.2, 0.25) is 0 Å². The van der Waals surface area contributed by atoms with Gasteiger partial charge in [0.25, 0.3) is 5.91 Å². The van der Waals surface area contributed by atoms with Crippen molar-refractivity contribution in [2.75, 3.05) is 31.4 Å². The van der Waals surface area contributed by atoms with Crippen molar-refractivity contribution in [1.29, 1.82) is 0 Å². The van der Waals surface area contributed by atoms with Gasteiger partial charge in [-0.05, 0) is 54.8 Å². The molecule has 3 aromatic carbocycles. The fraction of sp³-hybridized carbons (Fsp3) is 0.241. The molecule has 1 aliphatic heterocycles. The van der Waals surface area contributed by atoms with Crippen LogP contribution < -0.4 is 19.7 Å². The second-order valence-corrected chi connectivity index (χ2v) is 9.83. The standard InChI is InChI=1S/C29H29N5O4S/c1-37-24-15-14-21(17-25(24)38-2)28(36)30-18-26-31-32-29(34(26)22-11-4-3-5-12-22)39-19-27(35)33-16-8-10-20-9-6-7-13-23(20)33/h3-7,9,11-15,17H,8,10,16,18-19H2,1-2H3,(H,30,36). The van der Waals surface area contributed by atoms with Gasteiger partial charge in [0.15, 0.2) is 22.5 Å². The number of benzene rings is 3. The Hall–Kier alpha value is -4.31. The molecular formula is C29H29N5O4S. The van der Waals surface area contributed by atoms with E-state index in [-0.39, 0.29) is 24.1 Å². The number of rotatable bonds is 9. The Labute approximate surface area is 231 Å². The van der Waals surface area contributed by atoms with Crippen LogP contribution in [0.1, 0.15) is 28.2 Å². The van der Waals surface area contributed by atoms with Gasteiger partial charge in [-0.25, -0.2) is 0 Å². The van der Waals surface area contributed by atoms with Gasteiger partial charge in [-0.2, -0.15) is 0 Å². The first-order valence-corrected chi connectivity index (χ1v) is 13.6. The Balaban J connectivity index is 1.32. The Bertz CT molecular complexity index is 1470. The summed E-state index contributed by atoms with van der Waals surface area (Å²) in [4.78, 5) is 28.0. The van der Waals surface area contributed by atoms with Crippen LogP contribution in [0, 0.1) is 0 Å². The summed E-state index contributed by atoms with van der Waals surface area (Å²) in [6, 6.07) is 22.7. The number of carbonyl (C=O) groups is 2. The number of aryl methyl sites for hydroxylation is 1. The van der Waals surface area contributed by atoms with Crippen molar-refractivity contribution < 1.29 is 19.1 Å². The summed E-state index contributed by atoms with van der Waals surface area (Å²) >= 11 is 1.33. The molecule has 1 aromatic heterocycles. The highest BCUT2D eigenvalue weighted by Gasteiger charge is 2.24. The summed E-state index contributed by atoms with van der Waals surface area (Å²) < 4.78 is 12.4. The van der Waals surface area contributed by atoms with E-state index >= 15 is 0 Å². The van der Waals surface area contributed by atoms with Crippen molar-refractivity contribution in [3.63, 3.8) is 0 Å². The van der Waals surface area contributed by atoms with E-state index in [4.69, 9.17) is 9.47 Å². The second-order valence-electron chi connectivity index (χ2n) is 8.89. The van der Waals surface area contributed by atoms with E-state index in [0.717, 1.165) is 24.2 Å². The number of hydrogen-bond donors (Lipinski definition) is 1. The van der Waals surface area contributed by atoms with Crippen molar-refractivity contribution in [2.45, 2.75) is 24.5 Å². The van der Waals surface area contributed by atoms with Crippen LogP contribution >= 0.6 is 11.8 Å². The van der Waals surface area contributed by atoms with Crippen LogP contribution in [0.4, 0.5) is 5.69 Å². The van der Waals surface area contributed by atoms with E-state index in [1.165, 1.54) is 24.4 Å². The van der Waals surface area contributed by atoms with Gasteiger partial charge in [0.05, 0.1) is 26.5 Å². The molecule has 2 heterocycles. The van der Waals surface area contributed by atoms with Crippen LogP contribution in [0.25, 0.3) is 5.69 Å².